The van der Waals surface area contributed by atoms with Crippen LogP contribution in [0.1, 0.15) is 12.0 Å². The normalized spacial score (nSPS) is 17.6. The van der Waals surface area contributed by atoms with Crippen molar-refractivity contribution in [2.24, 2.45) is 5.92 Å². The predicted octanol–water partition coefficient (Wildman–Crippen LogP) is 1.80. The molecule has 108 valence electrons. The number of nitrogens with zero attached hydrogens (tertiary/aromatic N) is 2. The molecule has 0 radical (unpaired) electrons. The highest BCUT2D eigenvalue weighted by atomic mass is 16.5. The van der Waals surface area contributed by atoms with Gasteiger partial charge in [0.05, 0.1) is 18.2 Å². The van der Waals surface area contributed by atoms with Gasteiger partial charge in [0.15, 0.2) is 0 Å². The molecule has 21 heavy (non-hydrogen) atoms. The lowest BCUT2D eigenvalue weighted by Crippen LogP contribution is -2.30. The first-order valence-electron chi connectivity index (χ1n) is 7.04. The van der Waals surface area contributed by atoms with E-state index in [1.165, 1.54) is 0 Å². The van der Waals surface area contributed by atoms with Crippen LogP contribution in [0.3, 0.4) is 0 Å². The molecule has 5 heteroatoms. The average molecular weight is 283 g/mol. The maximum Gasteiger partial charge on any atom is 0.225 e. The minimum Gasteiger partial charge on any atom is -0.381 e. The summed E-state index contributed by atoms with van der Waals surface area (Å²) in [5.41, 5.74) is 2.85. The Hall–Kier alpha value is -2.27. The van der Waals surface area contributed by atoms with Crippen molar-refractivity contribution >= 4 is 5.91 Å². The summed E-state index contributed by atoms with van der Waals surface area (Å²) in [5, 5.41) is 2.96. The molecule has 0 aromatic carbocycles. The third-order valence-corrected chi connectivity index (χ3v) is 3.55. The second-order valence-corrected chi connectivity index (χ2v) is 5.07. The molecule has 3 rings (SSSR count). The second kappa shape index (κ2) is 6.45. The van der Waals surface area contributed by atoms with Crippen molar-refractivity contribution in [2.75, 3.05) is 13.2 Å². The van der Waals surface area contributed by atoms with E-state index in [0.29, 0.717) is 19.8 Å². The largest absolute Gasteiger partial charge is 0.381 e. The quantitative estimate of drug-likeness (QED) is 0.929. The molecule has 1 atom stereocenters. The highest BCUT2D eigenvalue weighted by molar-refractivity contribution is 5.79. The third kappa shape index (κ3) is 3.44. The molecule has 1 aliphatic rings. The van der Waals surface area contributed by atoms with E-state index in [9.17, 15) is 4.79 Å². The van der Waals surface area contributed by atoms with Gasteiger partial charge in [-0.1, -0.05) is 0 Å². The summed E-state index contributed by atoms with van der Waals surface area (Å²) in [5.74, 6) is 0.0527. The molecule has 1 aliphatic heterocycles. The van der Waals surface area contributed by atoms with Gasteiger partial charge in [0.2, 0.25) is 5.91 Å². The predicted molar refractivity (Wildman–Crippen MR) is 78.2 cm³/mol. The van der Waals surface area contributed by atoms with Gasteiger partial charge in [-0.05, 0) is 36.2 Å². The zero-order valence-corrected chi connectivity index (χ0v) is 11.7. The Morgan fingerprint density at radius 1 is 1.38 bits per heavy atom. The van der Waals surface area contributed by atoms with Gasteiger partial charge in [0, 0.05) is 37.3 Å². The summed E-state index contributed by atoms with van der Waals surface area (Å²) in [6.45, 7) is 1.72. The molecular formula is C16H17N3O2. The molecule has 2 aromatic rings. The van der Waals surface area contributed by atoms with Crippen LogP contribution in [0.25, 0.3) is 11.3 Å². The fourth-order valence-corrected chi connectivity index (χ4v) is 2.33. The summed E-state index contributed by atoms with van der Waals surface area (Å²) >= 11 is 0. The molecule has 1 N–H and O–H groups in total. The van der Waals surface area contributed by atoms with Crippen molar-refractivity contribution in [1.82, 2.24) is 15.3 Å². The first-order chi connectivity index (χ1) is 10.3. The summed E-state index contributed by atoms with van der Waals surface area (Å²) in [6, 6.07) is 7.73. The molecule has 3 heterocycles. The zero-order chi connectivity index (χ0) is 14.5. The summed E-state index contributed by atoms with van der Waals surface area (Å²) in [4.78, 5) is 20.4. The van der Waals surface area contributed by atoms with Crippen LogP contribution in [-0.4, -0.2) is 29.1 Å². The van der Waals surface area contributed by atoms with Crippen LogP contribution in [-0.2, 0) is 16.1 Å². The van der Waals surface area contributed by atoms with E-state index in [1.807, 2.05) is 24.3 Å². The topological polar surface area (TPSA) is 64.1 Å². The van der Waals surface area contributed by atoms with E-state index in [4.69, 9.17) is 4.74 Å². The first kappa shape index (κ1) is 13.7. The molecule has 1 unspecified atom stereocenters. The van der Waals surface area contributed by atoms with Crippen molar-refractivity contribution < 1.29 is 9.53 Å². The van der Waals surface area contributed by atoms with Crippen LogP contribution in [0.15, 0.2) is 42.9 Å². The first-order valence-corrected chi connectivity index (χ1v) is 7.04. The van der Waals surface area contributed by atoms with Crippen LogP contribution < -0.4 is 5.32 Å². The van der Waals surface area contributed by atoms with Gasteiger partial charge in [-0.25, -0.2) is 0 Å². The van der Waals surface area contributed by atoms with E-state index in [2.05, 4.69) is 15.3 Å². The van der Waals surface area contributed by atoms with E-state index in [-0.39, 0.29) is 11.8 Å². The standard InChI is InChI=1S/C16H17N3O2/c20-16(14-4-7-21-11-14)19-9-12-3-6-18-15(8-12)13-2-1-5-17-10-13/h1-3,5-6,8,10,14H,4,7,9,11H2,(H,19,20). The van der Waals surface area contributed by atoms with Gasteiger partial charge in [-0.3, -0.25) is 14.8 Å². The molecule has 0 aliphatic carbocycles. The number of amides is 1. The number of pyridine rings is 2. The smallest absolute Gasteiger partial charge is 0.225 e. The number of hydrogen-bond donors (Lipinski definition) is 1. The fourth-order valence-electron chi connectivity index (χ4n) is 2.33. The number of hydrogen-bond acceptors (Lipinski definition) is 4. The van der Waals surface area contributed by atoms with Crippen LogP contribution in [0, 0.1) is 5.92 Å². The van der Waals surface area contributed by atoms with Gasteiger partial charge in [-0.15, -0.1) is 0 Å². The van der Waals surface area contributed by atoms with E-state index in [1.54, 1.807) is 18.6 Å². The number of rotatable bonds is 4. The van der Waals surface area contributed by atoms with Crippen LogP contribution >= 0.6 is 0 Å². The molecule has 0 saturated carbocycles. The SMILES string of the molecule is O=C(NCc1ccnc(-c2cccnc2)c1)C1CCOC1. The van der Waals surface area contributed by atoms with E-state index >= 15 is 0 Å². The van der Waals surface area contributed by atoms with Gasteiger partial charge < -0.3 is 10.1 Å². The zero-order valence-electron chi connectivity index (χ0n) is 11.7. The van der Waals surface area contributed by atoms with Gasteiger partial charge in [0.25, 0.3) is 0 Å². The minimum absolute atomic E-state index is 0.00960. The lowest BCUT2D eigenvalue weighted by Gasteiger charge is -2.10. The molecule has 5 nitrogen and oxygen atoms in total. The highest BCUT2D eigenvalue weighted by Crippen LogP contribution is 2.17. The van der Waals surface area contributed by atoms with Crippen molar-refractivity contribution in [3.63, 3.8) is 0 Å². The van der Waals surface area contributed by atoms with E-state index in [0.717, 1.165) is 23.2 Å². The summed E-state index contributed by atoms with van der Waals surface area (Å²) < 4.78 is 5.23. The maximum absolute atomic E-state index is 12.0. The number of carbonyl (C=O) groups is 1. The molecule has 1 saturated heterocycles. The van der Waals surface area contributed by atoms with Gasteiger partial charge in [0.1, 0.15) is 0 Å². The summed E-state index contributed by atoms with van der Waals surface area (Å²) in [7, 11) is 0. The molecule has 1 fully saturated rings. The lowest BCUT2D eigenvalue weighted by molar-refractivity contribution is -0.125. The number of ether oxygens (including phenoxy) is 1. The van der Waals surface area contributed by atoms with E-state index < -0.39 is 0 Å². The van der Waals surface area contributed by atoms with Crippen molar-refractivity contribution in [1.29, 1.82) is 0 Å². The highest BCUT2D eigenvalue weighted by Gasteiger charge is 2.22. The van der Waals surface area contributed by atoms with Gasteiger partial charge in [-0.2, -0.15) is 0 Å². The fraction of sp³-hybridized carbons (Fsp3) is 0.312. The Morgan fingerprint density at radius 3 is 3.10 bits per heavy atom. The van der Waals surface area contributed by atoms with Crippen LogP contribution in [0.4, 0.5) is 0 Å². The maximum atomic E-state index is 12.0. The van der Waals surface area contributed by atoms with Crippen molar-refractivity contribution in [3.05, 3.63) is 48.4 Å². The van der Waals surface area contributed by atoms with Crippen LogP contribution in [0.5, 0.6) is 0 Å². The Bertz CT molecular complexity index is 610. The van der Waals surface area contributed by atoms with Crippen molar-refractivity contribution in [3.8, 4) is 11.3 Å². The number of carbonyl (C=O) groups excluding carboxylic acids is 1. The lowest BCUT2D eigenvalue weighted by atomic mass is 10.1. The molecule has 2 aromatic heterocycles. The Balaban J connectivity index is 1.65. The third-order valence-electron chi connectivity index (χ3n) is 3.55. The molecule has 0 bridgehead atoms. The Morgan fingerprint density at radius 2 is 2.33 bits per heavy atom. The van der Waals surface area contributed by atoms with Gasteiger partial charge >= 0.3 is 0 Å². The molecule has 0 spiro atoms. The molecule has 1 amide bonds. The Kier molecular flexibility index (Phi) is 4.21. The Labute approximate surface area is 123 Å². The number of aromatic nitrogens is 2. The monoisotopic (exact) mass is 283 g/mol. The summed E-state index contributed by atoms with van der Waals surface area (Å²) in [6.07, 6.45) is 6.07. The molecular weight excluding hydrogens is 266 g/mol. The number of nitrogens with one attached hydrogen (secondary N) is 1. The second-order valence-electron chi connectivity index (χ2n) is 5.07. The average Bonchev–Trinajstić information content (AvgIpc) is 3.08. The van der Waals surface area contributed by atoms with Crippen LogP contribution in [0.2, 0.25) is 0 Å². The van der Waals surface area contributed by atoms with Crippen molar-refractivity contribution in [2.45, 2.75) is 13.0 Å². The minimum atomic E-state index is -0.00960.